The molecule has 0 unspecified atom stereocenters. The highest BCUT2D eigenvalue weighted by Gasteiger charge is 2.30. The molecule has 0 saturated heterocycles. The molecule has 1 nitrogen and oxygen atoms in total. The van der Waals surface area contributed by atoms with Crippen LogP contribution in [-0.4, -0.2) is 30.0 Å². The fourth-order valence-corrected chi connectivity index (χ4v) is 2.04. The molecule has 0 atom stereocenters. The largest absolute Gasteiger partial charge is 0.401 e. The van der Waals surface area contributed by atoms with Crippen LogP contribution in [0.15, 0.2) is 18.2 Å². The lowest BCUT2D eigenvalue weighted by molar-refractivity contribution is -0.146. The number of halogens is 6. The van der Waals surface area contributed by atoms with Crippen LogP contribution < -0.4 is 0 Å². The molecule has 0 aromatic heterocycles. The molecular formula is C11H11Cl3F3N. The SMILES string of the molecule is FC(F)(F)CN(CCCl)Cc1ccc(Cl)c(Cl)c1. The van der Waals surface area contributed by atoms with E-state index < -0.39 is 12.7 Å². The lowest BCUT2D eigenvalue weighted by Gasteiger charge is -2.22. The molecule has 0 aliphatic carbocycles. The third kappa shape index (κ3) is 5.65. The van der Waals surface area contributed by atoms with E-state index in [1.54, 1.807) is 18.2 Å². The van der Waals surface area contributed by atoms with Gasteiger partial charge in [0.05, 0.1) is 16.6 Å². The van der Waals surface area contributed by atoms with E-state index in [9.17, 15) is 13.2 Å². The number of benzene rings is 1. The van der Waals surface area contributed by atoms with Crippen LogP contribution in [-0.2, 0) is 6.54 Å². The molecule has 0 bridgehead atoms. The maximum Gasteiger partial charge on any atom is 0.401 e. The van der Waals surface area contributed by atoms with Gasteiger partial charge in [-0.1, -0.05) is 29.3 Å². The predicted molar refractivity (Wildman–Crippen MR) is 68.5 cm³/mol. The summed E-state index contributed by atoms with van der Waals surface area (Å²) in [6, 6.07) is 4.76. The second-order valence-electron chi connectivity index (χ2n) is 3.76. The minimum Gasteiger partial charge on any atom is -0.290 e. The number of hydrogen-bond acceptors (Lipinski definition) is 1. The fraction of sp³-hybridized carbons (Fsp3) is 0.455. The Morgan fingerprint density at radius 2 is 1.78 bits per heavy atom. The van der Waals surface area contributed by atoms with Gasteiger partial charge in [-0.05, 0) is 17.7 Å². The van der Waals surface area contributed by atoms with Crippen LogP contribution in [0.25, 0.3) is 0 Å². The first-order chi connectivity index (χ1) is 8.31. The normalized spacial score (nSPS) is 12.2. The molecule has 0 radical (unpaired) electrons. The molecule has 0 heterocycles. The number of nitrogens with zero attached hydrogens (tertiary/aromatic N) is 1. The average molecular weight is 321 g/mol. The summed E-state index contributed by atoms with van der Waals surface area (Å²) in [4.78, 5) is 1.21. The minimum absolute atomic E-state index is 0.128. The Morgan fingerprint density at radius 3 is 2.28 bits per heavy atom. The summed E-state index contributed by atoms with van der Waals surface area (Å²) in [5, 5.41) is 0.701. The van der Waals surface area contributed by atoms with E-state index in [1.807, 2.05) is 0 Å². The maximum atomic E-state index is 12.3. The van der Waals surface area contributed by atoms with Crippen LogP contribution in [0.3, 0.4) is 0 Å². The molecule has 102 valence electrons. The molecule has 18 heavy (non-hydrogen) atoms. The van der Waals surface area contributed by atoms with Gasteiger partial charge in [-0.15, -0.1) is 11.6 Å². The van der Waals surface area contributed by atoms with Gasteiger partial charge in [0.15, 0.2) is 0 Å². The van der Waals surface area contributed by atoms with Crippen LogP contribution in [0.1, 0.15) is 5.56 Å². The number of hydrogen-bond donors (Lipinski definition) is 0. The second-order valence-corrected chi connectivity index (χ2v) is 4.96. The van der Waals surface area contributed by atoms with Crippen molar-refractivity contribution in [3.8, 4) is 0 Å². The van der Waals surface area contributed by atoms with Gasteiger partial charge in [0, 0.05) is 19.0 Å². The first-order valence-electron chi connectivity index (χ1n) is 5.11. The minimum atomic E-state index is -4.25. The monoisotopic (exact) mass is 319 g/mol. The summed E-state index contributed by atoms with van der Waals surface area (Å²) in [7, 11) is 0. The summed E-state index contributed by atoms with van der Waals surface area (Å²) >= 11 is 17.0. The average Bonchev–Trinajstić information content (AvgIpc) is 2.21. The molecule has 1 aromatic rings. The van der Waals surface area contributed by atoms with E-state index in [1.165, 1.54) is 4.90 Å². The van der Waals surface area contributed by atoms with E-state index >= 15 is 0 Å². The molecule has 0 spiro atoms. The number of alkyl halides is 4. The van der Waals surface area contributed by atoms with Gasteiger partial charge in [-0.25, -0.2) is 0 Å². The Balaban J connectivity index is 2.73. The van der Waals surface area contributed by atoms with Crippen LogP contribution in [0.2, 0.25) is 10.0 Å². The van der Waals surface area contributed by atoms with Crippen molar-refractivity contribution in [2.45, 2.75) is 12.7 Å². The van der Waals surface area contributed by atoms with Crippen LogP contribution in [0.5, 0.6) is 0 Å². The Kier molecular flexibility index (Phi) is 6.05. The molecule has 1 rings (SSSR count). The third-order valence-electron chi connectivity index (χ3n) is 2.19. The Labute approximate surface area is 118 Å². The molecule has 1 aromatic carbocycles. The summed E-state index contributed by atoms with van der Waals surface area (Å²) in [6.07, 6.45) is -4.25. The molecule has 7 heteroatoms. The first kappa shape index (κ1) is 15.9. The smallest absolute Gasteiger partial charge is 0.290 e. The van der Waals surface area contributed by atoms with Crippen molar-refractivity contribution in [3.05, 3.63) is 33.8 Å². The summed E-state index contributed by atoms with van der Waals surface area (Å²) in [5.41, 5.74) is 0.666. The van der Waals surface area contributed by atoms with Gasteiger partial charge in [0.1, 0.15) is 0 Å². The van der Waals surface area contributed by atoms with Crippen molar-refractivity contribution < 1.29 is 13.2 Å². The van der Waals surface area contributed by atoms with Crippen LogP contribution in [0, 0.1) is 0 Å². The van der Waals surface area contributed by atoms with Gasteiger partial charge in [0.2, 0.25) is 0 Å². The number of rotatable bonds is 5. The molecular weight excluding hydrogens is 309 g/mol. The van der Waals surface area contributed by atoms with Crippen molar-refractivity contribution >= 4 is 34.8 Å². The predicted octanol–water partition coefficient (Wildman–Crippen LogP) is 4.60. The maximum absolute atomic E-state index is 12.3. The highest BCUT2D eigenvalue weighted by Crippen LogP contribution is 2.24. The molecule has 0 aliphatic heterocycles. The second kappa shape index (κ2) is 6.85. The molecule has 0 N–H and O–H groups in total. The zero-order valence-electron chi connectivity index (χ0n) is 9.28. The quantitative estimate of drug-likeness (QED) is 0.717. The first-order valence-corrected chi connectivity index (χ1v) is 6.40. The highest BCUT2D eigenvalue weighted by atomic mass is 35.5. The molecule has 0 saturated carbocycles. The van der Waals surface area contributed by atoms with Gasteiger partial charge >= 0.3 is 6.18 Å². The van der Waals surface area contributed by atoms with E-state index in [4.69, 9.17) is 34.8 Å². The molecule has 0 amide bonds. The molecule has 0 aliphatic rings. The zero-order chi connectivity index (χ0) is 13.8. The van der Waals surface area contributed by atoms with Crippen molar-refractivity contribution in [2.75, 3.05) is 19.0 Å². The van der Waals surface area contributed by atoms with Crippen LogP contribution in [0.4, 0.5) is 13.2 Å². The van der Waals surface area contributed by atoms with Gasteiger partial charge in [-0.2, -0.15) is 13.2 Å². The van der Waals surface area contributed by atoms with E-state index in [0.29, 0.717) is 15.6 Å². The Bertz CT molecular complexity index is 396. The van der Waals surface area contributed by atoms with Gasteiger partial charge < -0.3 is 0 Å². The van der Waals surface area contributed by atoms with Crippen molar-refractivity contribution in [1.82, 2.24) is 4.90 Å². The fourth-order valence-electron chi connectivity index (χ4n) is 1.48. The van der Waals surface area contributed by atoms with E-state index in [0.717, 1.165) is 0 Å². The van der Waals surface area contributed by atoms with Gasteiger partial charge in [-0.3, -0.25) is 4.90 Å². The Hall–Kier alpha value is -0.160. The summed E-state index contributed by atoms with van der Waals surface area (Å²) in [5.74, 6) is 0.136. The highest BCUT2D eigenvalue weighted by molar-refractivity contribution is 6.42. The van der Waals surface area contributed by atoms with E-state index in [-0.39, 0.29) is 19.0 Å². The van der Waals surface area contributed by atoms with Crippen molar-refractivity contribution in [3.63, 3.8) is 0 Å². The lowest BCUT2D eigenvalue weighted by atomic mass is 10.2. The Morgan fingerprint density at radius 1 is 1.11 bits per heavy atom. The molecule has 0 fully saturated rings. The zero-order valence-corrected chi connectivity index (χ0v) is 11.5. The van der Waals surface area contributed by atoms with Crippen molar-refractivity contribution in [2.24, 2.45) is 0 Å². The standard InChI is InChI=1S/C11H11Cl3F3N/c12-3-4-18(7-11(15,16)17)6-8-1-2-9(13)10(14)5-8/h1-2,5H,3-4,6-7H2. The van der Waals surface area contributed by atoms with Crippen molar-refractivity contribution in [1.29, 1.82) is 0 Å². The van der Waals surface area contributed by atoms with Crippen LogP contribution >= 0.6 is 34.8 Å². The van der Waals surface area contributed by atoms with E-state index in [2.05, 4.69) is 0 Å². The summed E-state index contributed by atoms with van der Waals surface area (Å²) < 4.78 is 37.0. The topological polar surface area (TPSA) is 3.24 Å². The lowest BCUT2D eigenvalue weighted by Crippen LogP contribution is -2.35. The third-order valence-corrected chi connectivity index (χ3v) is 3.10. The van der Waals surface area contributed by atoms with Gasteiger partial charge in [0.25, 0.3) is 0 Å². The summed E-state index contributed by atoms with van der Waals surface area (Å²) in [6.45, 7) is -0.718.